The van der Waals surface area contributed by atoms with E-state index in [1.54, 1.807) is 7.05 Å². The van der Waals surface area contributed by atoms with Gasteiger partial charge in [0.05, 0.1) is 0 Å². The first kappa shape index (κ1) is 27.4. The van der Waals surface area contributed by atoms with Gasteiger partial charge in [-0.3, -0.25) is 9.79 Å². The summed E-state index contributed by atoms with van der Waals surface area (Å²) in [6.45, 7) is 6.81. The van der Waals surface area contributed by atoms with Crippen LogP contribution in [0.1, 0.15) is 41.6 Å². The van der Waals surface area contributed by atoms with Crippen LogP contribution in [0.15, 0.2) is 41.9 Å². The van der Waals surface area contributed by atoms with Gasteiger partial charge in [0.25, 0.3) is 5.91 Å². The van der Waals surface area contributed by atoms with Gasteiger partial charge in [-0.1, -0.05) is 24.6 Å². The number of carbonyl (C=O) groups is 1. The lowest BCUT2D eigenvalue weighted by atomic mass is 10.1. The van der Waals surface area contributed by atoms with E-state index < -0.39 is 0 Å². The number of rotatable bonds is 12. The molecule has 0 aliphatic rings. The van der Waals surface area contributed by atoms with Gasteiger partial charge < -0.3 is 20.4 Å². The monoisotopic (exact) mass is 515 g/mol. The highest BCUT2D eigenvalue weighted by molar-refractivity contribution is 14.0. The Balaban J connectivity index is 0.00000784. The maximum Gasteiger partial charge on any atom is 0.251 e. The molecule has 29 heavy (non-hydrogen) atoms. The van der Waals surface area contributed by atoms with Crippen molar-refractivity contribution in [1.82, 2.24) is 20.4 Å². The maximum atomic E-state index is 12.3. The fourth-order valence-corrected chi connectivity index (χ4v) is 2.80. The Labute approximate surface area is 193 Å². The van der Waals surface area contributed by atoms with Crippen LogP contribution in [0.4, 0.5) is 0 Å². The number of nitrogens with zero attached hydrogens (tertiary/aromatic N) is 3. The van der Waals surface area contributed by atoms with Crippen molar-refractivity contribution in [2.24, 2.45) is 4.99 Å². The van der Waals surface area contributed by atoms with Crippen molar-refractivity contribution < 1.29 is 4.79 Å². The summed E-state index contributed by atoms with van der Waals surface area (Å²) in [6, 6.07) is 7.72. The molecule has 1 aromatic rings. The standard InChI is InChI=1S/C22H37N5O.HI/c1-6-7-8-9-10-15-27(5)22(23-2)25-18-19-12-11-13-20(17-19)21(28)24-14-16-26(3)4;/h6,11-13,17H,1,7-10,14-16,18H2,2-5H3,(H,23,25)(H,24,28);1H. The third kappa shape index (κ3) is 11.9. The van der Waals surface area contributed by atoms with Crippen molar-refractivity contribution in [2.75, 3.05) is 47.8 Å². The number of unbranched alkanes of at least 4 members (excludes halogenated alkanes) is 3. The lowest BCUT2D eigenvalue weighted by molar-refractivity contribution is 0.0951. The van der Waals surface area contributed by atoms with Crippen LogP contribution in [0.3, 0.4) is 0 Å². The molecule has 0 aromatic heterocycles. The van der Waals surface area contributed by atoms with Crippen molar-refractivity contribution in [3.05, 3.63) is 48.0 Å². The Kier molecular flexibility index (Phi) is 15.3. The summed E-state index contributed by atoms with van der Waals surface area (Å²) in [5.41, 5.74) is 1.74. The molecule has 2 N–H and O–H groups in total. The summed E-state index contributed by atoms with van der Waals surface area (Å²) in [5, 5.41) is 6.33. The number of hydrogen-bond acceptors (Lipinski definition) is 3. The summed E-state index contributed by atoms with van der Waals surface area (Å²) < 4.78 is 0. The summed E-state index contributed by atoms with van der Waals surface area (Å²) in [6.07, 6.45) is 6.56. The van der Waals surface area contributed by atoms with E-state index in [-0.39, 0.29) is 29.9 Å². The number of allylic oxidation sites excluding steroid dienone is 1. The van der Waals surface area contributed by atoms with Gasteiger partial charge in [0.2, 0.25) is 0 Å². The molecule has 1 amide bonds. The minimum atomic E-state index is -0.0373. The molecule has 0 radical (unpaired) electrons. The number of guanidine groups is 1. The topological polar surface area (TPSA) is 60.0 Å². The SMILES string of the molecule is C=CCCCCCN(C)C(=NC)NCc1cccc(C(=O)NCCN(C)C)c1.I. The number of amides is 1. The molecule has 1 rings (SSSR count). The molecule has 0 saturated carbocycles. The quantitative estimate of drug-likeness (QED) is 0.147. The van der Waals surface area contributed by atoms with Crippen molar-refractivity contribution in [3.63, 3.8) is 0 Å². The first-order valence-corrected chi connectivity index (χ1v) is 10.0. The summed E-state index contributed by atoms with van der Waals surface area (Å²) >= 11 is 0. The van der Waals surface area contributed by atoms with E-state index >= 15 is 0 Å². The number of benzene rings is 1. The zero-order valence-electron chi connectivity index (χ0n) is 18.4. The number of halogens is 1. The first-order chi connectivity index (χ1) is 13.5. The molecule has 0 bridgehead atoms. The van der Waals surface area contributed by atoms with E-state index in [0.29, 0.717) is 18.7 Å². The predicted molar refractivity (Wildman–Crippen MR) is 134 cm³/mol. The van der Waals surface area contributed by atoms with E-state index in [1.807, 2.05) is 49.3 Å². The molecule has 7 heteroatoms. The fourth-order valence-electron chi connectivity index (χ4n) is 2.80. The van der Waals surface area contributed by atoms with Crippen LogP contribution in [0.5, 0.6) is 0 Å². The van der Waals surface area contributed by atoms with Crippen molar-refractivity contribution in [2.45, 2.75) is 32.2 Å². The average molecular weight is 515 g/mol. The number of aliphatic imine (C=N–C) groups is 1. The van der Waals surface area contributed by atoms with E-state index in [0.717, 1.165) is 37.5 Å². The molecule has 0 aliphatic heterocycles. The molecule has 0 heterocycles. The highest BCUT2D eigenvalue weighted by Crippen LogP contribution is 2.06. The zero-order valence-corrected chi connectivity index (χ0v) is 20.7. The molecule has 1 aromatic carbocycles. The van der Waals surface area contributed by atoms with Crippen molar-refractivity contribution >= 4 is 35.8 Å². The van der Waals surface area contributed by atoms with E-state index in [9.17, 15) is 4.79 Å². The lowest BCUT2D eigenvalue weighted by Gasteiger charge is -2.22. The number of carbonyl (C=O) groups excluding carboxylic acids is 1. The first-order valence-electron chi connectivity index (χ1n) is 10.0. The summed E-state index contributed by atoms with van der Waals surface area (Å²) in [7, 11) is 7.83. The minimum absolute atomic E-state index is 0. The normalized spacial score (nSPS) is 11.0. The Morgan fingerprint density at radius 2 is 1.90 bits per heavy atom. The van der Waals surface area contributed by atoms with E-state index in [4.69, 9.17) is 0 Å². The Hall–Kier alpha value is -1.61. The van der Waals surface area contributed by atoms with Gasteiger partial charge in [-0.2, -0.15) is 0 Å². The maximum absolute atomic E-state index is 12.3. The molecule has 0 atom stereocenters. The minimum Gasteiger partial charge on any atom is -0.352 e. The largest absolute Gasteiger partial charge is 0.352 e. The smallest absolute Gasteiger partial charge is 0.251 e. The second-order valence-corrected chi connectivity index (χ2v) is 7.22. The average Bonchev–Trinajstić information content (AvgIpc) is 2.68. The van der Waals surface area contributed by atoms with Gasteiger partial charge in [-0.25, -0.2) is 0 Å². The van der Waals surface area contributed by atoms with Crippen LogP contribution >= 0.6 is 24.0 Å². The summed E-state index contributed by atoms with van der Waals surface area (Å²) in [4.78, 5) is 20.8. The second-order valence-electron chi connectivity index (χ2n) is 7.22. The van der Waals surface area contributed by atoms with Crippen LogP contribution in [0.25, 0.3) is 0 Å². The van der Waals surface area contributed by atoms with Gasteiger partial charge in [-0.05, 0) is 51.1 Å². The molecule has 0 unspecified atom stereocenters. The van der Waals surface area contributed by atoms with E-state index in [1.165, 1.54) is 12.8 Å². The fraction of sp³-hybridized carbons (Fsp3) is 0.545. The van der Waals surface area contributed by atoms with Gasteiger partial charge in [-0.15, -0.1) is 30.6 Å². The van der Waals surface area contributed by atoms with Crippen LogP contribution in [0, 0.1) is 0 Å². The number of nitrogens with one attached hydrogen (secondary N) is 2. The van der Waals surface area contributed by atoms with Crippen LogP contribution in [-0.4, -0.2) is 69.5 Å². The third-order valence-corrected chi connectivity index (χ3v) is 4.46. The predicted octanol–water partition coefficient (Wildman–Crippen LogP) is 3.35. The van der Waals surface area contributed by atoms with Crippen LogP contribution in [-0.2, 0) is 6.54 Å². The number of hydrogen-bond donors (Lipinski definition) is 2. The summed E-state index contributed by atoms with van der Waals surface area (Å²) in [5.74, 6) is 0.828. The molecule has 0 aliphatic carbocycles. The molecule has 6 nitrogen and oxygen atoms in total. The molecular weight excluding hydrogens is 477 g/mol. The molecule has 164 valence electrons. The van der Waals surface area contributed by atoms with Gasteiger partial charge in [0, 0.05) is 45.8 Å². The lowest BCUT2D eigenvalue weighted by Crippen LogP contribution is -2.39. The van der Waals surface area contributed by atoms with Gasteiger partial charge in [0.1, 0.15) is 0 Å². The van der Waals surface area contributed by atoms with Gasteiger partial charge >= 0.3 is 0 Å². The molecule has 0 saturated heterocycles. The van der Waals surface area contributed by atoms with E-state index in [2.05, 4.69) is 34.2 Å². The molecule has 0 fully saturated rings. The van der Waals surface area contributed by atoms with Crippen molar-refractivity contribution in [3.8, 4) is 0 Å². The van der Waals surface area contributed by atoms with Crippen LogP contribution in [0.2, 0.25) is 0 Å². The Morgan fingerprint density at radius 1 is 1.14 bits per heavy atom. The van der Waals surface area contributed by atoms with Gasteiger partial charge in [0.15, 0.2) is 5.96 Å². The third-order valence-electron chi connectivity index (χ3n) is 4.46. The molecular formula is C22H38IN5O. The highest BCUT2D eigenvalue weighted by atomic mass is 127. The molecule has 0 spiro atoms. The van der Waals surface area contributed by atoms with Crippen LogP contribution < -0.4 is 10.6 Å². The second kappa shape index (κ2) is 16.2. The zero-order chi connectivity index (χ0) is 20.8. The highest BCUT2D eigenvalue weighted by Gasteiger charge is 2.08. The number of likely N-dealkylation sites (N-methyl/N-ethyl adjacent to an activating group) is 1. The van der Waals surface area contributed by atoms with Crippen molar-refractivity contribution in [1.29, 1.82) is 0 Å². The Bertz CT molecular complexity index is 633. The Morgan fingerprint density at radius 3 is 2.55 bits per heavy atom.